The number of fused-ring (bicyclic) bond motifs is 1. The number of unbranched alkanes of at least 4 members (excludes halogenated alkanes) is 2. The first kappa shape index (κ1) is 23.5. The fourth-order valence-electron chi connectivity index (χ4n) is 3.99. The Morgan fingerprint density at radius 3 is 2.72 bits per heavy atom. The number of carboxylic acid groups (broad SMARTS) is 1. The molecule has 2 atom stereocenters. The molecule has 1 aromatic carbocycles. The minimum Gasteiger partial charge on any atom is -0.478 e. The van der Waals surface area contributed by atoms with Crippen LogP contribution in [0.15, 0.2) is 53.6 Å². The van der Waals surface area contributed by atoms with E-state index < -0.39 is 17.8 Å². The van der Waals surface area contributed by atoms with Crippen LogP contribution in [0.5, 0.6) is 0 Å². The van der Waals surface area contributed by atoms with E-state index in [1.807, 2.05) is 32.2 Å². The molecule has 7 nitrogen and oxygen atoms in total. The van der Waals surface area contributed by atoms with Crippen molar-refractivity contribution < 1.29 is 19.5 Å². The molecule has 32 heavy (non-hydrogen) atoms. The van der Waals surface area contributed by atoms with Crippen molar-refractivity contribution in [2.45, 2.75) is 45.7 Å². The Morgan fingerprint density at radius 1 is 1.22 bits per heavy atom. The van der Waals surface area contributed by atoms with E-state index in [2.05, 4.69) is 22.5 Å². The lowest BCUT2D eigenvalue weighted by molar-refractivity contribution is -0.122. The van der Waals surface area contributed by atoms with Gasteiger partial charge in [0.2, 0.25) is 0 Å². The van der Waals surface area contributed by atoms with Crippen molar-refractivity contribution in [1.82, 2.24) is 10.2 Å². The normalized spacial score (nSPS) is 19.7. The summed E-state index contributed by atoms with van der Waals surface area (Å²) < 4.78 is 0. The minimum atomic E-state index is -1.02. The zero-order valence-electron chi connectivity index (χ0n) is 18.9. The first-order valence-electron chi connectivity index (χ1n) is 11.0. The summed E-state index contributed by atoms with van der Waals surface area (Å²) in [4.78, 5) is 39.1. The van der Waals surface area contributed by atoms with E-state index in [9.17, 15) is 19.5 Å². The molecule has 3 N–H and O–H groups in total. The number of rotatable bonds is 9. The van der Waals surface area contributed by atoms with Crippen LogP contribution < -0.4 is 10.6 Å². The van der Waals surface area contributed by atoms with Gasteiger partial charge in [-0.3, -0.25) is 9.59 Å². The quantitative estimate of drug-likeness (QED) is 0.406. The molecule has 1 aliphatic carbocycles. The lowest BCUT2D eigenvalue weighted by Crippen LogP contribution is -2.45. The standard InChI is InChI=1S/C25H31N3O4/c1-4-5-6-11-28(3)15-19-13-17(25(31)32)8-10-22(19)27-24(30)20-14-18-12-16(2)7-9-21(18)26-23(20)29/h7-10,12-14,18,21H,4-6,11,15H2,1-3H3,(H,26,29)(H,27,30)(H,31,32). The second-order valence-corrected chi connectivity index (χ2v) is 8.50. The maximum Gasteiger partial charge on any atom is 0.335 e. The molecule has 2 unspecified atom stereocenters. The highest BCUT2D eigenvalue weighted by Crippen LogP contribution is 2.26. The van der Waals surface area contributed by atoms with Crippen molar-refractivity contribution in [3.63, 3.8) is 0 Å². The van der Waals surface area contributed by atoms with Gasteiger partial charge in [-0.05, 0) is 50.7 Å². The van der Waals surface area contributed by atoms with Gasteiger partial charge in [0.15, 0.2) is 0 Å². The number of nitrogens with one attached hydrogen (secondary N) is 2. The van der Waals surface area contributed by atoms with E-state index >= 15 is 0 Å². The second kappa shape index (κ2) is 10.4. The largest absolute Gasteiger partial charge is 0.478 e. The first-order valence-corrected chi connectivity index (χ1v) is 11.0. The summed E-state index contributed by atoms with van der Waals surface area (Å²) in [6.45, 7) is 5.48. The lowest BCUT2D eigenvalue weighted by Gasteiger charge is -2.29. The number of carbonyl (C=O) groups is 3. The number of benzene rings is 1. The Bertz CT molecular complexity index is 993. The molecule has 0 radical (unpaired) electrons. The molecule has 3 rings (SSSR count). The van der Waals surface area contributed by atoms with Crippen LogP contribution in [0.3, 0.4) is 0 Å². The number of allylic oxidation sites excluding steroid dienone is 2. The van der Waals surface area contributed by atoms with Crippen molar-refractivity contribution in [3.05, 3.63) is 64.8 Å². The summed E-state index contributed by atoms with van der Waals surface area (Å²) in [5, 5.41) is 15.1. The average molecular weight is 438 g/mol. The molecule has 2 amide bonds. The molecule has 1 heterocycles. The molecule has 7 heteroatoms. The Hall–Kier alpha value is -3.19. The number of carbonyl (C=O) groups excluding carboxylic acids is 2. The second-order valence-electron chi connectivity index (χ2n) is 8.50. The van der Waals surface area contributed by atoms with Crippen LogP contribution in [0.1, 0.15) is 49.0 Å². The SMILES string of the molecule is CCCCCN(C)Cc1cc(C(=O)O)ccc1NC(=O)C1=CC2C=C(C)C=CC2NC1=O. The molecule has 1 aromatic rings. The number of aromatic carboxylic acids is 1. The Balaban J connectivity index is 1.81. The zero-order valence-corrected chi connectivity index (χ0v) is 18.9. The highest BCUT2D eigenvalue weighted by Gasteiger charge is 2.31. The Labute approximate surface area is 188 Å². The summed E-state index contributed by atoms with van der Waals surface area (Å²) in [6, 6.07) is 4.48. The number of amides is 2. The van der Waals surface area contributed by atoms with Gasteiger partial charge in [-0.25, -0.2) is 4.79 Å². The van der Waals surface area contributed by atoms with Crippen molar-refractivity contribution in [1.29, 1.82) is 0 Å². The molecule has 0 fully saturated rings. The first-order chi connectivity index (χ1) is 15.3. The van der Waals surface area contributed by atoms with E-state index in [4.69, 9.17) is 0 Å². The van der Waals surface area contributed by atoms with Crippen LogP contribution >= 0.6 is 0 Å². The van der Waals surface area contributed by atoms with Crippen molar-refractivity contribution >= 4 is 23.5 Å². The molecule has 170 valence electrons. The third-order valence-electron chi connectivity index (χ3n) is 5.77. The van der Waals surface area contributed by atoms with Gasteiger partial charge in [-0.15, -0.1) is 0 Å². The van der Waals surface area contributed by atoms with Gasteiger partial charge in [0.05, 0.1) is 11.6 Å². The number of carboxylic acids is 1. The number of anilines is 1. The maximum atomic E-state index is 13.0. The van der Waals surface area contributed by atoms with Gasteiger partial charge >= 0.3 is 5.97 Å². The van der Waals surface area contributed by atoms with E-state index in [0.717, 1.165) is 31.4 Å². The smallest absolute Gasteiger partial charge is 0.335 e. The van der Waals surface area contributed by atoms with Gasteiger partial charge in [0, 0.05) is 18.2 Å². The molecule has 0 saturated heterocycles. The van der Waals surface area contributed by atoms with Crippen LogP contribution in [0.2, 0.25) is 0 Å². The number of hydrogen-bond acceptors (Lipinski definition) is 4. The van der Waals surface area contributed by atoms with Crippen molar-refractivity contribution in [2.24, 2.45) is 5.92 Å². The van der Waals surface area contributed by atoms with Gasteiger partial charge < -0.3 is 20.6 Å². The molecule has 0 aromatic heterocycles. The Kier molecular flexibility index (Phi) is 7.64. The van der Waals surface area contributed by atoms with Crippen LogP contribution in [-0.4, -0.2) is 47.4 Å². The van der Waals surface area contributed by atoms with E-state index in [-0.39, 0.29) is 23.1 Å². The number of hydrogen-bond donors (Lipinski definition) is 3. The zero-order chi connectivity index (χ0) is 23.3. The number of nitrogens with zero attached hydrogens (tertiary/aromatic N) is 1. The summed E-state index contributed by atoms with van der Waals surface area (Å²) >= 11 is 0. The molecule has 0 spiro atoms. The van der Waals surface area contributed by atoms with Crippen molar-refractivity contribution in [2.75, 3.05) is 18.9 Å². The van der Waals surface area contributed by atoms with Gasteiger partial charge in [-0.2, -0.15) is 0 Å². The molecule has 2 aliphatic rings. The molecule has 0 saturated carbocycles. The minimum absolute atomic E-state index is 0.0650. The predicted molar refractivity (Wildman–Crippen MR) is 124 cm³/mol. The van der Waals surface area contributed by atoms with Gasteiger partial charge in [0.25, 0.3) is 11.8 Å². The lowest BCUT2D eigenvalue weighted by atomic mass is 9.87. The van der Waals surface area contributed by atoms with Crippen molar-refractivity contribution in [3.8, 4) is 0 Å². The highest BCUT2D eigenvalue weighted by atomic mass is 16.4. The summed E-state index contributed by atoms with van der Waals surface area (Å²) in [5.41, 5.74) is 2.51. The van der Waals surface area contributed by atoms with Crippen LogP contribution in [0.25, 0.3) is 0 Å². The fourth-order valence-corrected chi connectivity index (χ4v) is 3.99. The molecule has 1 aliphatic heterocycles. The monoisotopic (exact) mass is 437 g/mol. The highest BCUT2D eigenvalue weighted by molar-refractivity contribution is 6.23. The summed E-state index contributed by atoms with van der Waals surface area (Å²) in [5.74, 6) is -2.01. The topological polar surface area (TPSA) is 98.7 Å². The van der Waals surface area contributed by atoms with E-state index in [1.54, 1.807) is 18.2 Å². The third kappa shape index (κ3) is 5.73. The average Bonchev–Trinajstić information content (AvgIpc) is 2.74. The van der Waals surface area contributed by atoms with Crippen LogP contribution in [0, 0.1) is 5.92 Å². The Morgan fingerprint density at radius 2 is 2.00 bits per heavy atom. The maximum absolute atomic E-state index is 13.0. The van der Waals surface area contributed by atoms with Crippen LogP contribution in [-0.2, 0) is 16.1 Å². The summed E-state index contributed by atoms with van der Waals surface area (Å²) in [6.07, 6.45) is 10.9. The van der Waals surface area contributed by atoms with Gasteiger partial charge in [0.1, 0.15) is 5.57 Å². The predicted octanol–water partition coefficient (Wildman–Crippen LogP) is 3.50. The van der Waals surface area contributed by atoms with Crippen LogP contribution in [0.4, 0.5) is 5.69 Å². The molecular formula is C25H31N3O4. The van der Waals surface area contributed by atoms with E-state index in [1.165, 1.54) is 6.07 Å². The van der Waals surface area contributed by atoms with E-state index in [0.29, 0.717) is 17.8 Å². The fraction of sp³-hybridized carbons (Fsp3) is 0.400. The third-order valence-corrected chi connectivity index (χ3v) is 5.77. The molecular weight excluding hydrogens is 406 g/mol. The summed E-state index contributed by atoms with van der Waals surface area (Å²) in [7, 11) is 1.97. The molecule has 0 bridgehead atoms. The van der Waals surface area contributed by atoms with Gasteiger partial charge in [-0.1, -0.05) is 49.6 Å².